The Kier molecular flexibility index (Phi) is 6.43. The molecule has 7 nitrogen and oxygen atoms in total. The van der Waals surface area contributed by atoms with Gasteiger partial charge in [-0.25, -0.2) is 9.67 Å². The van der Waals surface area contributed by atoms with E-state index < -0.39 is 0 Å². The lowest BCUT2D eigenvalue weighted by Gasteiger charge is -2.29. The highest BCUT2D eigenvalue weighted by Gasteiger charge is 2.26. The average Bonchev–Trinajstić information content (AvgIpc) is 3.48. The molecular formula is C23H23N5O2S. The van der Waals surface area contributed by atoms with Crippen molar-refractivity contribution in [2.75, 3.05) is 18.4 Å². The fraction of sp³-hybridized carbons (Fsp3) is 0.304. The summed E-state index contributed by atoms with van der Waals surface area (Å²) in [5, 5.41) is 9.75. The molecule has 8 heteroatoms. The Bertz CT molecular complexity index is 1120. The van der Waals surface area contributed by atoms with E-state index in [-0.39, 0.29) is 17.7 Å². The quantitative estimate of drug-likeness (QED) is 0.640. The summed E-state index contributed by atoms with van der Waals surface area (Å²) in [6.45, 7) is 3.93. The number of thiazole rings is 1. The van der Waals surface area contributed by atoms with Gasteiger partial charge in [0.25, 0.3) is 11.8 Å². The lowest BCUT2D eigenvalue weighted by molar-refractivity contribution is -0.126. The Morgan fingerprint density at radius 3 is 2.71 bits per heavy atom. The van der Waals surface area contributed by atoms with Crippen molar-refractivity contribution in [3.05, 3.63) is 64.2 Å². The third kappa shape index (κ3) is 5.01. The molecule has 0 aliphatic carbocycles. The van der Waals surface area contributed by atoms with Crippen LogP contribution in [0.15, 0.2) is 48.0 Å². The van der Waals surface area contributed by atoms with Gasteiger partial charge in [-0.05, 0) is 31.9 Å². The summed E-state index contributed by atoms with van der Waals surface area (Å²) in [4.78, 5) is 31.3. The number of rotatable bonds is 4. The van der Waals surface area contributed by atoms with Crippen LogP contribution >= 0.6 is 11.3 Å². The normalized spacial score (nSPS) is 14.0. The molecular weight excluding hydrogens is 410 g/mol. The molecule has 3 aromatic rings. The average molecular weight is 434 g/mol. The zero-order valence-electron chi connectivity index (χ0n) is 17.2. The number of hydrogen-bond acceptors (Lipinski definition) is 5. The van der Waals surface area contributed by atoms with Gasteiger partial charge in [-0.2, -0.15) is 5.10 Å². The van der Waals surface area contributed by atoms with E-state index in [0.717, 1.165) is 23.4 Å². The van der Waals surface area contributed by atoms with Gasteiger partial charge in [0.2, 0.25) is 0 Å². The highest BCUT2D eigenvalue weighted by atomic mass is 32.1. The Balaban J connectivity index is 1.32. The first-order valence-electron chi connectivity index (χ1n) is 10.3. The highest BCUT2D eigenvalue weighted by molar-refractivity contribution is 7.10. The Labute approximate surface area is 185 Å². The molecule has 158 valence electrons. The minimum atomic E-state index is -0.235. The molecule has 0 atom stereocenters. The Hall–Kier alpha value is -3.44. The lowest BCUT2D eigenvalue weighted by Crippen LogP contribution is -2.37. The SMILES string of the molecule is CCn1nccc1NC(=O)c1csc(C2CCN(C(=O)C#Cc3ccccc3)CC2)n1. The number of hydrogen-bond donors (Lipinski definition) is 1. The number of amides is 2. The summed E-state index contributed by atoms with van der Waals surface area (Å²) in [6, 6.07) is 11.3. The maximum atomic E-state index is 12.5. The molecule has 0 bridgehead atoms. The van der Waals surface area contributed by atoms with Crippen molar-refractivity contribution in [1.82, 2.24) is 19.7 Å². The van der Waals surface area contributed by atoms with E-state index in [1.807, 2.05) is 37.3 Å². The third-order valence-electron chi connectivity index (χ3n) is 5.23. The van der Waals surface area contributed by atoms with Gasteiger partial charge in [0.1, 0.15) is 11.5 Å². The molecule has 0 unspecified atom stereocenters. The van der Waals surface area contributed by atoms with Crippen molar-refractivity contribution in [2.45, 2.75) is 32.2 Å². The van der Waals surface area contributed by atoms with E-state index >= 15 is 0 Å². The monoisotopic (exact) mass is 433 g/mol. The highest BCUT2D eigenvalue weighted by Crippen LogP contribution is 2.30. The largest absolute Gasteiger partial charge is 0.332 e. The van der Waals surface area contributed by atoms with Gasteiger partial charge >= 0.3 is 0 Å². The number of piperidine rings is 1. The molecule has 1 fully saturated rings. The molecule has 0 radical (unpaired) electrons. The first-order chi connectivity index (χ1) is 15.1. The fourth-order valence-electron chi connectivity index (χ4n) is 3.51. The van der Waals surface area contributed by atoms with Gasteiger partial charge in [-0.1, -0.05) is 24.1 Å². The minimum absolute atomic E-state index is 0.144. The van der Waals surface area contributed by atoms with Crippen molar-refractivity contribution < 1.29 is 9.59 Å². The van der Waals surface area contributed by atoms with Crippen molar-refractivity contribution in [3.63, 3.8) is 0 Å². The molecule has 4 rings (SSSR count). The summed E-state index contributed by atoms with van der Waals surface area (Å²) in [5.74, 6) is 6.19. The van der Waals surface area contributed by atoms with E-state index in [2.05, 4.69) is 27.2 Å². The second kappa shape index (κ2) is 9.58. The Morgan fingerprint density at radius 1 is 1.19 bits per heavy atom. The summed E-state index contributed by atoms with van der Waals surface area (Å²) >= 11 is 1.50. The van der Waals surface area contributed by atoms with Crippen LogP contribution in [0.2, 0.25) is 0 Å². The number of nitrogens with one attached hydrogen (secondary N) is 1. The number of anilines is 1. The van der Waals surface area contributed by atoms with Crippen LogP contribution in [0.4, 0.5) is 5.82 Å². The summed E-state index contributed by atoms with van der Waals surface area (Å²) in [5.41, 5.74) is 1.25. The zero-order valence-corrected chi connectivity index (χ0v) is 18.1. The van der Waals surface area contributed by atoms with E-state index in [1.165, 1.54) is 11.3 Å². The smallest absolute Gasteiger partial charge is 0.298 e. The van der Waals surface area contributed by atoms with E-state index in [0.29, 0.717) is 31.1 Å². The minimum Gasteiger partial charge on any atom is -0.332 e. The summed E-state index contributed by atoms with van der Waals surface area (Å²) in [6.07, 6.45) is 3.29. The van der Waals surface area contributed by atoms with Gasteiger partial charge in [-0.3, -0.25) is 9.59 Å². The Morgan fingerprint density at radius 2 is 1.97 bits per heavy atom. The van der Waals surface area contributed by atoms with E-state index in [9.17, 15) is 9.59 Å². The topological polar surface area (TPSA) is 80.1 Å². The molecule has 31 heavy (non-hydrogen) atoms. The van der Waals surface area contributed by atoms with Gasteiger partial charge in [0, 0.05) is 48.5 Å². The van der Waals surface area contributed by atoms with Crippen LogP contribution in [0.5, 0.6) is 0 Å². The third-order valence-corrected chi connectivity index (χ3v) is 6.24. The maximum Gasteiger partial charge on any atom is 0.298 e. The fourth-order valence-corrected chi connectivity index (χ4v) is 4.48. The van der Waals surface area contributed by atoms with Crippen molar-refractivity contribution in [3.8, 4) is 11.8 Å². The zero-order chi connectivity index (χ0) is 21.6. The molecule has 2 aromatic heterocycles. The number of carbonyl (C=O) groups excluding carboxylic acids is 2. The maximum absolute atomic E-state index is 12.5. The molecule has 1 aromatic carbocycles. The molecule has 1 aliphatic heterocycles. The van der Waals surface area contributed by atoms with E-state index in [4.69, 9.17) is 0 Å². The predicted molar refractivity (Wildman–Crippen MR) is 120 cm³/mol. The van der Waals surface area contributed by atoms with Crippen LogP contribution in [-0.4, -0.2) is 44.6 Å². The van der Waals surface area contributed by atoms with Gasteiger partial charge < -0.3 is 10.2 Å². The number of aromatic nitrogens is 3. The number of benzene rings is 1. The van der Waals surface area contributed by atoms with Crippen molar-refractivity contribution in [2.24, 2.45) is 0 Å². The second-order valence-corrected chi connectivity index (χ2v) is 8.13. The standard InChI is InChI=1S/C23H23N5O2S/c1-2-28-20(10-13-24-28)26-22(30)19-16-31-23(25-19)18-11-14-27(15-12-18)21(29)9-8-17-6-4-3-5-7-17/h3-7,10,13,16,18H,2,11-12,14-15H2,1H3,(H,26,30). The van der Waals surface area contributed by atoms with Crippen LogP contribution in [-0.2, 0) is 11.3 Å². The predicted octanol–water partition coefficient (Wildman–Crippen LogP) is 3.37. The molecule has 0 saturated carbocycles. The first kappa shape index (κ1) is 20.8. The van der Waals surface area contributed by atoms with Gasteiger partial charge in [-0.15, -0.1) is 11.3 Å². The summed E-state index contributed by atoms with van der Waals surface area (Å²) in [7, 11) is 0. The molecule has 1 aliphatic rings. The van der Waals surface area contributed by atoms with Crippen LogP contribution in [0.3, 0.4) is 0 Å². The number of nitrogens with zero attached hydrogens (tertiary/aromatic N) is 4. The van der Waals surface area contributed by atoms with Gasteiger partial charge in [0.05, 0.1) is 11.2 Å². The van der Waals surface area contributed by atoms with Crippen molar-refractivity contribution >= 4 is 29.0 Å². The van der Waals surface area contributed by atoms with Crippen LogP contribution in [0, 0.1) is 11.8 Å². The van der Waals surface area contributed by atoms with Crippen LogP contribution in [0.25, 0.3) is 0 Å². The molecule has 0 spiro atoms. The van der Waals surface area contributed by atoms with Crippen LogP contribution in [0.1, 0.15) is 46.7 Å². The van der Waals surface area contributed by atoms with Gasteiger partial charge in [0.15, 0.2) is 0 Å². The molecule has 1 N–H and O–H groups in total. The number of carbonyl (C=O) groups is 2. The van der Waals surface area contributed by atoms with Crippen molar-refractivity contribution in [1.29, 1.82) is 0 Å². The summed E-state index contributed by atoms with van der Waals surface area (Å²) < 4.78 is 1.72. The number of likely N-dealkylation sites (tertiary alicyclic amines) is 1. The molecule has 2 amide bonds. The first-order valence-corrected chi connectivity index (χ1v) is 11.2. The number of aryl methyl sites for hydroxylation is 1. The molecule has 1 saturated heterocycles. The lowest BCUT2D eigenvalue weighted by atomic mass is 9.97. The molecule has 3 heterocycles. The van der Waals surface area contributed by atoms with E-state index in [1.54, 1.807) is 27.2 Å². The van der Waals surface area contributed by atoms with Crippen LogP contribution < -0.4 is 5.32 Å². The second-order valence-electron chi connectivity index (χ2n) is 7.24.